The number of halogens is 1. The first-order valence-corrected chi connectivity index (χ1v) is 6.46. The maximum absolute atomic E-state index is 6.15. The normalized spacial score (nSPS) is 11.4. The Labute approximate surface area is 115 Å². The molecule has 0 atom stereocenters. The van der Waals surface area contributed by atoms with E-state index in [9.17, 15) is 0 Å². The lowest BCUT2D eigenvalue weighted by molar-refractivity contribution is 0.517. The molecule has 0 saturated heterocycles. The second-order valence-corrected chi connectivity index (χ2v) is 4.77. The monoisotopic (exact) mass is 276 g/mol. The van der Waals surface area contributed by atoms with Crippen molar-refractivity contribution >= 4 is 17.2 Å². The molecule has 3 aromatic heterocycles. The minimum atomic E-state index is 0.465. The Balaban J connectivity index is 2.32. The molecule has 0 spiro atoms. The topological polar surface area (TPSA) is 56.2 Å². The van der Waals surface area contributed by atoms with Gasteiger partial charge in [-0.1, -0.05) is 18.5 Å². The zero-order chi connectivity index (χ0) is 13.6. The first-order chi connectivity index (χ1) is 9.13. The van der Waals surface area contributed by atoms with Gasteiger partial charge in [0.1, 0.15) is 5.76 Å². The highest BCUT2D eigenvalue weighted by atomic mass is 35.5. The molecule has 6 heteroatoms. The summed E-state index contributed by atoms with van der Waals surface area (Å²) in [5.74, 6) is 1.52. The van der Waals surface area contributed by atoms with Crippen LogP contribution in [-0.4, -0.2) is 19.8 Å². The molecular weight excluding hydrogens is 264 g/mol. The Morgan fingerprint density at radius 2 is 2.05 bits per heavy atom. The van der Waals surface area contributed by atoms with Crippen LogP contribution in [0.4, 0.5) is 0 Å². The molecule has 0 bridgehead atoms. The van der Waals surface area contributed by atoms with Crippen LogP contribution < -0.4 is 0 Å². The van der Waals surface area contributed by atoms with Gasteiger partial charge in [0.05, 0.1) is 11.8 Å². The zero-order valence-corrected chi connectivity index (χ0v) is 11.7. The van der Waals surface area contributed by atoms with E-state index in [1.165, 1.54) is 0 Å². The zero-order valence-electron chi connectivity index (χ0n) is 10.9. The Morgan fingerprint density at radius 1 is 1.26 bits per heavy atom. The second-order valence-electron chi connectivity index (χ2n) is 4.41. The summed E-state index contributed by atoms with van der Waals surface area (Å²) >= 11 is 6.15. The predicted octanol–water partition coefficient (Wildman–Crippen LogP) is 3.22. The minimum absolute atomic E-state index is 0.465. The van der Waals surface area contributed by atoms with Crippen LogP contribution in [0, 0.1) is 13.8 Å². The van der Waals surface area contributed by atoms with Crippen LogP contribution in [0.25, 0.3) is 17.0 Å². The highest BCUT2D eigenvalue weighted by Crippen LogP contribution is 2.26. The largest absolute Gasteiger partial charge is 0.469 e. The summed E-state index contributed by atoms with van der Waals surface area (Å²) in [7, 11) is 0. The van der Waals surface area contributed by atoms with Gasteiger partial charge in [-0.05, 0) is 25.5 Å². The number of rotatable bonds is 2. The Morgan fingerprint density at radius 3 is 2.79 bits per heavy atom. The van der Waals surface area contributed by atoms with E-state index in [4.69, 9.17) is 16.0 Å². The molecule has 0 N–H and O–H groups in total. The molecule has 0 aliphatic heterocycles. The van der Waals surface area contributed by atoms with Crippen molar-refractivity contribution in [1.82, 2.24) is 19.8 Å². The fourth-order valence-electron chi connectivity index (χ4n) is 2.08. The number of aromatic nitrogens is 4. The molecule has 0 aliphatic carbocycles. The summed E-state index contributed by atoms with van der Waals surface area (Å²) in [6.45, 7) is 5.92. The van der Waals surface area contributed by atoms with Crippen molar-refractivity contribution in [2.45, 2.75) is 27.2 Å². The minimum Gasteiger partial charge on any atom is -0.469 e. The average molecular weight is 277 g/mol. The number of hydrogen-bond acceptors (Lipinski definition) is 4. The molecular formula is C13H13ClN4O. The molecule has 5 nitrogen and oxygen atoms in total. The summed E-state index contributed by atoms with van der Waals surface area (Å²) in [4.78, 5) is 0. The number of aryl methyl sites for hydroxylation is 2. The molecule has 3 heterocycles. The first-order valence-electron chi connectivity index (χ1n) is 6.08. The van der Waals surface area contributed by atoms with E-state index in [0.717, 1.165) is 34.5 Å². The second kappa shape index (κ2) is 4.35. The maximum Gasteiger partial charge on any atom is 0.188 e. The van der Waals surface area contributed by atoms with Crippen LogP contribution >= 0.6 is 11.6 Å². The van der Waals surface area contributed by atoms with E-state index in [1.54, 1.807) is 10.8 Å². The van der Waals surface area contributed by atoms with Gasteiger partial charge in [0.2, 0.25) is 0 Å². The number of fused-ring (bicyclic) bond motifs is 1. The number of hydrogen-bond donors (Lipinski definition) is 0. The van der Waals surface area contributed by atoms with Crippen molar-refractivity contribution in [3.05, 3.63) is 34.4 Å². The van der Waals surface area contributed by atoms with Gasteiger partial charge in [0.25, 0.3) is 0 Å². The molecule has 0 saturated carbocycles. The molecule has 0 amide bonds. The standard InChI is InChI=1S/C13H13ClN4O/c1-4-10-9(5-6-19-10)13-16-15-12-8(3)7(2)11(14)17-18(12)13/h5-6H,4H2,1-3H3. The Kier molecular flexibility index (Phi) is 2.78. The maximum atomic E-state index is 6.15. The van der Waals surface area contributed by atoms with Crippen molar-refractivity contribution in [1.29, 1.82) is 0 Å². The molecule has 0 aromatic carbocycles. The van der Waals surface area contributed by atoms with Crippen LogP contribution in [-0.2, 0) is 6.42 Å². The summed E-state index contributed by atoms with van der Waals surface area (Å²) in [5, 5.41) is 13.2. The van der Waals surface area contributed by atoms with Crippen molar-refractivity contribution in [3.63, 3.8) is 0 Å². The number of furan rings is 1. The van der Waals surface area contributed by atoms with Crippen LogP contribution in [0.15, 0.2) is 16.7 Å². The lowest BCUT2D eigenvalue weighted by atomic mass is 10.2. The third-order valence-electron chi connectivity index (χ3n) is 3.34. The summed E-state index contributed by atoms with van der Waals surface area (Å²) < 4.78 is 7.10. The third kappa shape index (κ3) is 1.73. The highest BCUT2D eigenvalue weighted by molar-refractivity contribution is 6.30. The van der Waals surface area contributed by atoms with Gasteiger partial charge in [-0.15, -0.1) is 10.2 Å². The molecule has 3 aromatic rings. The van der Waals surface area contributed by atoms with Gasteiger partial charge in [-0.2, -0.15) is 9.61 Å². The molecule has 98 valence electrons. The van der Waals surface area contributed by atoms with E-state index in [0.29, 0.717) is 11.0 Å². The summed E-state index contributed by atoms with van der Waals surface area (Å²) in [5.41, 5.74) is 3.54. The van der Waals surface area contributed by atoms with E-state index in [-0.39, 0.29) is 0 Å². The SMILES string of the molecule is CCc1occc1-c1nnc2c(C)c(C)c(Cl)nn12. The Hall–Kier alpha value is -1.88. The van der Waals surface area contributed by atoms with Gasteiger partial charge < -0.3 is 4.42 Å². The van der Waals surface area contributed by atoms with Crippen molar-refractivity contribution in [3.8, 4) is 11.4 Å². The molecule has 0 fully saturated rings. The van der Waals surface area contributed by atoms with Crippen molar-refractivity contribution in [2.24, 2.45) is 0 Å². The van der Waals surface area contributed by atoms with Gasteiger partial charge in [-0.3, -0.25) is 0 Å². The molecule has 0 unspecified atom stereocenters. The van der Waals surface area contributed by atoms with E-state index in [1.807, 2.05) is 26.8 Å². The van der Waals surface area contributed by atoms with Crippen LogP contribution in [0.3, 0.4) is 0 Å². The van der Waals surface area contributed by atoms with Crippen LogP contribution in [0.1, 0.15) is 23.8 Å². The van der Waals surface area contributed by atoms with Crippen molar-refractivity contribution in [2.75, 3.05) is 0 Å². The van der Waals surface area contributed by atoms with Gasteiger partial charge >= 0.3 is 0 Å². The van der Waals surface area contributed by atoms with E-state index >= 15 is 0 Å². The third-order valence-corrected chi connectivity index (χ3v) is 3.70. The van der Waals surface area contributed by atoms with E-state index in [2.05, 4.69) is 15.3 Å². The van der Waals surface area contributed by atoms with Crippen molar-refractivity contribution < 1.29 is 4.42 Å². The quantitative estimate of drug-likeness (QED) is 0.721. The molecule has 0 aliphatic rings. The van der Waals surface area contributed by atoms with E-state index < -0.39 is 0 Å². The molecule has 0 radical (unpaired) electrons. The van der Waals surface area contributed by atoms with Crippen LogP contribution in [0.5, 0.6) is 0 Å². The van der Waals surface area contributed by atoms with Gasteiger partial charge in [0.15, 0.2) is 16.6 Å². The Bertz CT molecular complexity index is 759. The lowest BCUT2D eigenvalue weighted by Crippen LogP contribution is -2.00. The highest BCUT2D eigenvalue weighted by Gasteiger charge is 2.18. The van der Waals surface area contributed by atoms with Gasteiger partial charge in [0, 0.05) is 12.0 Å². The molecule has 19 heavy (non-hydrogen) atoms. The van der Waals surface area contributed by atoms with Gasteiger partial charge in [-0.25, -0.2) is 0 Å². The van der Waals surface area contributed by atoms with Crippen LogP contribution in [0.2, 0.25) is 5.15 Å². The fourth-order valence-corrected chi connectivity index (χ4v) is 2.29. The average Bonchev–Trinajstić information content (AvgIpc) is 3.01. The number of nitrogens with zero attached hydrogens (tertiary/aromatic N) is 4. The summed E-state index contributed by atoms with van der Waals surface area (Å²) in [6.07, 6.45) is 2.44. The molecule has 3 rings (SSSR count). The fraction of sp³-hybridized carbons (Fsp3) is 0.308. The summed E-state index contributed by atoms with van der Waals surface area (Å²) in [6, 6.07) is 1.88. The predicted molar refractivity (Wildman–Crippen MR) is 72.3 cm³/mol. The smallest absolute Gasteiger partial charge is 0.188 e. The first kappa shape index (κ1) is 12.2. The lowest BCUT2D eigenvalue weighted by Gasteiger charge is -2.04.